The molecule has 0 radical (unpaired) electrons. The lowest BCUT2D eigenvalue weighted by Gasteiger charge is -2.36. The molecule has 2 heterocycles. The number of nitrogens with zero attached hydrogens (tertiary/aromatic N) is 3. The Morgan fingerprint density at radius 2 is 2.26 bits per heavy atom. The molecular weight excluding hydrogens is 294 g/mol. The van der Waals surface area contributed by atoms with E-state index in [1.54, 1.807) is 23.2 Å². The first-order valence-electron chi connectivity index (χ1n) is 7.88. The number of carbonyl (C=O) groups excluding carboxylic acids is 1. The van der Waals surface area contributed by atoms with Crippen molar-refractivity contribution in [2.75, 3.05) is 13.2 Å². The van der Waals surface area contributed by atoms with E-state index in [1.165, 1.54) is 0 Å². The van der Waals surface area contributed by atoms with Crippen LogP contribution in [-0.2, 0) is 4.74 Å². The second-order valence-corrected chi connectivity index (χ2v) is 6.60. The van der Waals surface area contributed by atoms with Gasteiger partial charge < -0.3 is 14.4 Å². The maximum absolute atomic E-state index is 12.3. The molecular formula is C17H23N3O3. The number of likely N-dealkylation sites (tertiary alicyclic amines) is 1. The number of hydrogen-bond donors (Lipinski definition) is 0. The van der Waals surface area contributed by atoms with Gasteiger partial charge in [-0.1, -0.05) is 0 Å². The molecule has 1 fully saturated rings. The molecule has 1 saturated heterocycles. The van der Waals surface area contributed by atoms with Gasteiger partial charge in [0.25, 0.3) is 0 Å². The molecule has 0 N–H and O–H groups in total. The molecule has 1 aliphatic heterocycles. The average Bonchev–Trinajstić information content (AvgIpc) is 2.51. The van der Waals surface area contributed by atoms with E-state index in [-0.39, 0.29) is 12.1 Å². The number of nitriles is 1. The molecule has 0 saturated carbocycles. The minimum absolute atomic E-state index is 0.0628. The Hall–Kier alpha value is -2.29. The summed E-state index contributed by atoms with van der Waals surface area (Å²) in [5.74, 6) is 0.310. The number of ether oxygens (including phenoxy) is 2. The van der Waals surface area contributed by atoms with Crippen LogP contribution in [0.3, 0.4) is 0 Å². The van der Waals surface area contributed by atoms with Crippen molar-refractivity contribution in [2.45, 2.75) is 51.7 Å². The molecule has 1 aromatic rings. The largest absolute Gasteiger partial charge is 0.475 e. The third-order valence-electron chi connectivity index (χ3n) is 3.56. The molecule has 6 heteroatoms. The maximum Gasteiger partial charge on any atom is 0.410 e. The van der Waals surface area contributed by atoms with E-state index in [0.29, 0.717) is 24.6 Å². The highest BCUT2D eigenvalue weighted by molar-refractivity contribution is 5.68. The molecule has 1 atom stereocenters. The van der Waals surface area contributed by atoms with Gasteiger partial charge in [-0.05, 0) is 52.2 Å². The van der Waals surface area contributed by atoms with E-state index < -0.39 is 5.60 Å². The van der Waals surface area contributed by atoms with E-state index in [9.17, 15) is 4.79 Å². The maximum atomic E-state index is 12.3. The van der Waals surface area contributed by atoms with E-state index in [0.717, 1.165) is 19.3 Å². The smallest absolute Gasteiger partial charge is 0.410 e. The van der Waals surface area contributed by atoms with Crippen LogP contribution in [0.4, 0.5) is 4.79 Å². The van der Waals surface area contributed by atoms with Crippen molar-refractivity contribution in [2.24, 2.45) is 0 Å². The normalized spacial score (nSPS) is 18.2. The molecule has 0 aliphatic carbocycles. The number of pyridine rings is 1. The third-order valence-corrected chi connectivity index (χ3v) is 3.56. The summed E-state index contributed by atoms with van der Waals surface area (Å²) in [6.07, 6.45) is 4.13. The highest BCUT2D eigenvalue weighted by atomic mass is 16.6. The lowest BCUT2D eigenvalue weighted by molar-refractivity contribution is 0.00334. The zero-order chi connectivity index (χ0) is 16.9. The van der Waals surface area contributed by atoms with Crippen molar-refractivity contribution >= 4 is 6.09 Å². The van der Waals surface area contributed by atoms with Crippen molar-refractivity contribution in [3.8, 4) is 11.9 Å². The van der Waals surface area contributed by atoms with Crippen molar-refractivity contribution < 1.29 is 14.3 Å². The fourth-order valence-corrected chi connectivity index (χ4v) is 2.50. The molecule has 6 nitrogen and oxygen atoms in total. The fourth-order valence-electron chi connectivity index (χ4n) is 2.50. The molecule has 2 rings (SSSR count). The zero-order valence-corrected chi connectivity index (χ0v) is 13.9. The van der Waals surface area contributed by atoms with Gasteiger partial charge in [0.15, 0.2) is 0 Å². The van der Waals surface area contributed by atoms with E-state index in [2.05, 4.69) is 11.1 Å². The van der Waals surface area contributed by atoms with Gasteiger partial charge in [0.1, 0.15) is 23.8 Å². The Morgan fingerprint density at radius 1 is 1.48 bits per heavy atom. The SMILES string of the molecule is CC(C)(C)OC(=O)N1CCCC[C@H]1COc1ncccc1C#N. The van der Waals surface area contributed by atoms with Crippen LogP contribution in [0.5, 0.6) is 5.88 Å². The lowest BCUT2D eigenvalue weighted by atomic mass is 10.0. The summed E-state index contributed by atoms with van der Waals surface area (Å²) in [4.78, 5) is 18.1. The van der Waals surface area contributed by atoms with Gasteiger partial charge in [0.2, 0.25) is 5.88 Å². The molecule has 1 amide bonds. The fraction of sp³-hybridized carbons (Fsp3) is 0.588. The Balaban J connectivity index is 2.01. The van der Waals surface area contributed by atoms with Crippen LogP contribution in [-0.4, -0.2) is 40.8 Å². The Morgan fingerprint density at radius 3 is 2.96 bits per heavy atom. The molecule has 0 unspecified atom stereocenters. The van der Waals surface area contributed by atoms with E-state index >= 15 is 0 Å². The van der Waals surface area contributed by atoms with Crippen molar-refractivity contribution in [1.82, 2.24) is 9.88 Å². The van der Waals surface area contributed by atoms with Crippen LogP contribution >= 0.6 is 0 Å². The Bertz CT molecular complexity index is 589. The molecule has 1 aliphatic rings. The third kappa shape index (κ3) is 4.85. The van der Waals surface area contributed by atoms with Crippen LogP contribution < -0.4 is 4.74 Å². The molecule has 124 valence electrons. The topological polar surface area (TPSA) is 75.4 Å². The van der Waals surface area contributed by atoms with Gasteiger partial charge in [0, 0.05) is 12.7 Å². The van der Waals surface area contributed by atoms with Crippen LogP contribution in [0.25, 0.3) is 0 Å². The molecule has 0 spiro atoms. The van der Waals surface area contributed by atoms with Crippen LogP contribution in [0.15, 0.2) is 18.3 Å². The van der Waals surface area contributed by atoms with Crippen molar-refractivity contribution in [3.05, 3.63) is 23.9 Å². The van der Waals surface area contributed by atoms with Gasteiger partial charge >= 0.3 is 6.09 Å². The summed E-state index contributed by atoms with van der Waals surface area (Å²) in [5.41, 5.74) is -0.123. The lowest BCUT2D eigenvalue weighted by Crippen LogP contribution is -2.48. The second-order valence-electron chi connectivity index (χ2n) is 6.60. The highest BCUT2D eigenvalue weighted by Gasteiger charge is 2.31. The molecule has 23 heavy (non-hydrogen) atoms. The van der Waals surface area contributed by atoms with E-state index in [1.807, 2.05) is 20.8 Å². The highest BCUT2D eigenvalue weighted by Crippen LogP contribution is 2.22. The number of rotatable bonds is 3. The van der Waals surface area contributed by atoms with Crippen molar-refractivity contribution in [3.63, 3.8) is 0 Å². The molecule has 0 bridgehead atoms. The van der Waals surface area contributed by atoms with Gasteiger partial charge in [-0.15, -0.1) is 0 Å². The Kier molecular flexibility index (Phi) is 5.43. The predicted molar refractivity (Wildman–Crippen MR) is 85.0 cm³/mol. The zero-order valence-electron chi connectivity index (χ0n) is 13.9. The summed E-state index contributed by atoms with van der Waals surface area (Å²) < 4.78 is 11.2. The second kappa shape index (κ2) is 7.32. The summed E-state index contributed by atoms with van der Waals surface area (Å²) >= 11 is 0. The molecule has 0 aromatic carbocycles. The summed E-state index contributed by atoms with van der Waals surface area (Å²) in [6.45, 7) is 6.54. The minimum atomic E-state index is -0.519. The van der Waals surface area contributed by atoms with Gasteiger partial charge in [-0.25, -0.2) is 9.78 Å². The van der Waals surface area contributed by atoms with Crippen LogP contribution in [0, 0.1) is 11.3 Å². The first-order valence-corrected chi connectivity index (χ1v) is 7.88. The van der Waals surface area contributed by atoms with Gasteiger partial charge in [-0.2, -0.15) is 5.26 Å². The number of amides is 1. The van der Waals surface area contributed by atoms with Crippen LogP contribution in [0.2, 0.25) is 0 Å². The first kappa shape index (κ1) is 17.1. The van der Waals surface area contributed by atoms with Crippen molar-refractivity contribution in [1.29, 1.82) is 5.26 Å². The standard InChI is InChI=1S/C17H23N3O3/c1-17(2,3)23-16(21)20-10-5-4-8-14(20)12-22-15-13(11-18)7-6-9-19-15/h6-7,9,14H,4-5,8,10,12H2,1-3H3/t14-/m0/s1. The average molecular weight is 317 g/mol. The summed E-state index contributed by atoms with van der Waals surface area (Å²) in [6, 6.07) is 5.35. The van der Waals surface area contributed by atoms with Gasteiger partial charge in [-0.3, -0.25) is 0 Å². The summed E-state index contributed by atoms with van der Waals surface area (Å²) in [5, 5.41) is 9.07. The number of piperidine rings is 1. The first-order chi connectivity index (χ1) is 10.9. The summed E-state index contributed by atoms with van der Waals surface area (Å²) in [7, 11) is 0. The number of hydrogen-bond acceptors (Lipinski definition) is 5. The monoisotopic (exact) mass is 317 g/mol. The molecule has 1 aromatic heterocycles. The predicted octanol–water partition coefficient (Wildman–Crippen LogP) is 3.12. The minimum Gasteiger partial charge on any atom is -0.475 e. The quantitative estimate of drug-likeness (QED) is 0.856. The Labute approximate surface area is 137 Å². The van der Waals surface area contributed by atoms with E-state index in [4.69, 9.17) is 14.7 Å². The number of carbonyl (C=O) groups is 1. The van der Waals surface area contributed by atoms with Gasteiger partial charge in [0.05, 0.1) is 6.04 Å². The van der Waals surface area contributed by atoms with Crippen LogP contribution in [0.1, 0.15) is 45.6 Å². The number of aromatic nitrogens is 1.